The monoisotopic (exact) mass is 1050 g/mol. The van der Waals surface area contributed by atoms with Crippen molar-refractivity contribution in [2.75, 3.05) is 13.2 Å². The standard InChI is InChI=1S/C69H126O6/c1-4-7-10-13-16-19-22-25-28-31-33-34-35-36-37-39-41-44-47-50-53-56-59-62-68(71)74-65-66(64-73-67(70)61-58-55-52-49-46-43-40-30-27-24-21-18-15-12-9-6-3)75-69(72)63-60-57-54-51-48-45-42-38-32-29-26-23-20-17-14-11-8-5-2/h22,25,29-33,40,66H,4-21,23-24,26-28,34-39,41-65H2,1-3H3/b25-22-,32-29-,33-31-,40-30-. The number of ether oxygens (including phenoxy) is 3. The van der Waals surface area contributed by atoms with Gasteiger partial charge in [-0.2, -0.15) is 0 Å². The summed E-state index contributed by atoms with van der Waals surface area (Å²) in [5, 5.41) is 0. The van der Waals surface area contributed by atoms with Crippen LogP contribution in [0.3, 0.4) is 0 Å². The summed E-state index contributed by atoms with van der Waals surface area (Å²) in [5.41, 5.74) is 0. The van der Waals surface area contributed by atoms with Gasteiger partial charge in [-0.05, 0) is 103 Å². The van der Waals surface area contributed by atoms with Gasteiger partial charge in [-0.25, -0.2) is 0 Å². The Hall–Kier alpha value is -2.63. The Morgan fingerprint density at radius 3 is 0.747 bits per heavy atom. The number of carbonyl (C=O) groups is 3. The number of hydrogen-bond acceptors (Lipinski definition) is 6. The minimum Gasteiger partial charge on any atom is -0.462 e. The molecule has 6 heteroatoms. The Morgan fingerprint density at radius 2 is 0.480 bits per heavy atom. The first-order valence-corrected chi connectivity index (χ1v) is 33.1. The van der Waals surface area contributed by atoms with E-state index >= 15 is 0 Å². The highest BCUT2D eigenvalue weighted by Crippen LogP contribution is 2.17. The van der Waals surface area contributed by atoms with Gasteiger partial charge >= 0.3 is 17.9 Å². The highest BCUT2D eigenvalue weighted by molar-refractivity contribution is 5.71. The second-order valence-electron chi connectivity index (χ2n) is 22.4. The summed E-state index contributed by atoms with van der Waals surface area (Å²) in [4.78, 5) is 38.4. The molecular weight excluding hydrogens is 925 g/mol. The molecule has 0 rings (SSSR count). The molecule has 0 heterocycles. The first kappa shape index (κ1) is 72.4. The number of unbranched alkanes of at least 4 members (excludes halogenated alkanes) is 42. The maximum absolute atomic E-state index is 12.9. The van der Waals surface area contributed by atoms with E-state index < -0.39 is 6.10 Å². The summed E-state index contributed by atoms with van der Waals surface area (Å²) < 4.78 is 17.0. The van der Waals surface area contributed by atoms with Crippen molar-refractivity contribution >= 4 is 17.9 Å². The van der Waals surface area contributed by atoms with Gasteiger partial charge in [0.15, 0.2) is 6.10 Å². The average molecular weight is 1050 g/mol. The second kappa shape index (κ2) is 63.9. The first-order valence-electron chi connectivity index (χ1n) is 33.1. The summed E-state index contributed by atoms with van der Waals surface area (Å²) >= 11 is 0. The van der Waals surface area contributed by atoms with E-state index in [4.69, 9.17) is 14.2 Å². The Balaban J connectivity index is 4.33. The molecule has 0 aromatic heterocycles. The fraction of sp³-hybridized carbons (Fsp3) is 0.841. The van der Waals surface area contributed by atoms with E-state index in [1.54, 1.807) is 0 Å². The van der Waals surface area contributed by atoms with Crippen LogP contribution in [0.4, 0.5) is 0 Å². The van der Waals surface area contributed by atoms with Gasteiger partial charge in [-0.15, -0.1) is 0 Å². The third kappa shape index (κ3) is 62.1. The third-order valence-corrected chi connectivity index (χ3v) is 14.8. The van der Waals surface area contributed by atoms with Gasteiger partial charge in [0, 0.05) is 19.3 Å². The highest BCUT2D eigenvalue weighted by Gasteiger charge is 2.19. The lowest BCUT2D eigenvalue weighted by Crippen LogP contribution is -2.30. The average Bonchev–Trinajstić information content (AvgIpc) is 3.41. The van der Waals surface area contributed by atoms with Gasteiger partial charge in [0.1, 0.15) is 13.2 Å². The molecule has 0 bridgehead atoms. The van der Waals surface area contributed by atoms with Crippen LogP contribution in [0.5, 0.6) is 0 Å². The van der Waals surface area contributed by atoms with Crippen molar-refractivity contribution in [2.24, 2.45) is 0 Å². The lowest BCUT2D eigenvalue weighted by molar-refractivity contribution is -0.167. The molecule has 0 fully saturated rings. The van der Waals surface area contributed by atoms with Crippen molar-refractivity contribution < 1.29 is 28.6 Å². The van der Waals surface area contributed by atoms with Gasteiger partial charge in [-0.3, -0.25) is 14.4 Å². The van der Waals surface area contributed by atoms with Crippen LogP contribution in [0.25, 0.3) is 0 Å². The molecule has 0 aliphatic rings. The van der Waals surface area contributed by atoms with E-state index in [9.17, 15) is 14.4 Å². The molecule has 0 aromatic carbocycles. The van der Waals surface area contributed by atoms with Gasteiger partial charge in [0.25, 0.3) is 0 Å². The first-order chi connectivity index (χ1) is 37.0. The van der Waals surface area contributed by atoms with Crippen LogP contribution in [-0.2, 0) is 28.6 Å². The lowest BCUT2D eigenvalue weighted by atomic mass is 10.0. The van der Waals surface area contributed by atoms with Crippen molar-refractivity contribution in [3.63, 3.8) is 0 Å². The van der Waals surface area contributed by atoms with Crippen LogP contribution >= 0.6 is 0 Å². The maximum Gasteiger partial charge on any atom is 0.306 e. The number of allylic oxidation sites excluding steroid dienone is 8. The minimum atomic E-state index is -0.780. The molecule has 0 aliphatic heterocycles. The summed E-state index contributed by atoms with van der Waals surface area (Å²) in [6.45, 7) is 6.67. The molecule has 1 atom stereocenters. The molecule has 0 amide bonds. The van der Waals surface area contributed by atoms with Gasteiger partial charge in [0.2, 0.25) is 0 Å². The number of rotatable bonds is 61. The van der Waals surface area contributed by atoms with Crippen LogP contribution < -0.4 is 0 Å². The van der Waals surface area contributed by atoms with Crippen molar-refractivity contribution in [3.8, 4) is 0 Å². The van der Waals surface area contributed by atoms with E-state index in [1.807, 2.05) is 0 Å². The molecule has 0 N–H and O–H groups in total. The van der Waals surface area contributed by atoms with E-state index in [2.05, 4.69) is 69.4 Å². The van der Waals surface area contributed by atoms with E-state index in [-0.39, 0.29) is 31.1 Å². The quantitative estimate of drug-likeness (QED) is 0.0261. The van der Waals surface area contributed by atoms with Gasteiger partial charge in [-0.1, -0.05) is 281 Å². The molecule has 0 aliphatic carbocycles. The minimum absolute atomic E-state index is 0.0761. The molecule has 0 saturated carbocycles. The van der Waals surface area contributed by atoms with Crippen molar-refractivity contribution in [1.29, 1.82) is 0 Å². The highest BCUT2D eigenvalue weighted by atomic mass is 16.6. The van der Waals surface area contributed by atoms with E-state index in [0.717, 1.165) is 70.6 Å². The summed E-state index contributed by atoms with van der Waals surface area (Å²) in [6.07, 6.45) is 79.7. The zero-order chi connectivity index (χ0) is 54.3. The van der Waals surface area contributed by atoms with Crippen LogP contribution in [0, 0.1) is 0 Å². The molecule has 6 nitrogen and oxygen atoms in total. The SMILES string of the molecule is CCCCCCC/C=C\C/C=C\CCCCCCCCCCCCCC(=O)OCC(COC(=O)CCCCCCC/C=C\CCCCCCCCC)OC(=O)CCCCCCCCC/C=C\CCCCCCCCC. The van der Waals surface area contributed by atoms with E-state index in [0.29, 0.717) is 19.3 Å². The maximum atomic E-state index is 12.9. The molecule has 438 valence electrons. The number of esters is 3. The molecule has 0 saturated heterocycles. The lowest BCUT2D eigenvalue weighted by Gasteiger charge is -2.18. The fourth-order valence-electron chi connectivity index (χ4n) is 9.76. The van der Waals surface area contributed by atoms with Crippen LogP contribution in [0.15, 0.2) is 48.6 Å². The molecule has 1 unspecified atom stereocenters. The topological polar surface area (TPSA) is 78.9 Å². The normalized spacial score (nSPS) is 12.3. The third-order valence-electron chi connectivity index (χ3n) is 14.8. The van der Waals surface area contributed by atoms with Crippen LogP contribution in [0.1, 0.15) is 355 Å². The zero-order valence-corrected chi connectivity index (χ0v) is 50.3. The van der Waals surface area contributed by atoms with Gasteiger partial charge < -0.3 is 14.2 Å². The van der Waals surface area contributed by atoms with E-state index in [1.165, 1.54) is 244 Å². The predicted molar refractivity (Wildman–Crippen MR) is 325 cm³/mol. The van der Waals surface area contributed by atoms with Crippen LogP contribution in [-0.4, -0.2) is 37.2 Å². The van der Waals surface area contributed by atoms with Crippen molar-refractivity contribution in [1.82, 2.24) is 0 Å². The molecular formula is C69H126O6. The fourth-order valence-corrected chi connectivity index (χ4v) is 9.76. The van der Waals surface area contributed by atoms with Crippen molar-refractivity contribution in [2.45, 2.75) is 361 Å². The van der Waals surface area contributed by atoms with Crippen LogP contribution in [0.2, 0.25) is 0 Å². The largest absolute Gasteiger partial charge is 0.462 e. The smallest absolute Gasteiger partial charge is 0.306 e. The van der Waals surface area contributed by atoms with Crippen molar-refractivity contribution in [3.05, 3.63) is 48.6 Å². The Labute approximate surface area is 467 Å². The number of carbonyl (C=O) groups excluding carboxylic acids is 3. The second-order valence-corrected chi connectivity index (χ2v) is 22.4. The number of hydrogen-bond donors (Lipinski definition) is 0. The Kier molecular flexibility index (Phi) is 61.7. The molecule has 75 heavy (non-hydrogen) atoms. The zero-order valence-electron chi connectivity index (χ0n) is 50.3. The predicted octanol–water partition coefficient (Wildman–Crippen LogP) is 22.6. The molecule has 0 aromatic rings. The Bertz CT molecular complexity index is 1300. The summed E-state index contributed by atoms with van der Waals surface area (Å²) in [5.74, 6) is -0.870. The van der Waals surface area contributed by atoms with Gasteiger partial charge in [0.05, 0.1) is 0 Å². The molecule has 0 radical (unpaired) electrons. The summed E-state index contributed by atoms with van der Waals surface area (Å²) in [7, 11) is 0. The summed E-state index contributed by atoms with van der Waals surface area (Å²) in [6, 6.07) is 0. The Morgan fingerprint density at radius 1 is 0.267 bits per heavy atom. The molecule has 0 spiro atoms.